The van der Waals surface area contributed by atoms with Crippen LogP contribution in [0.1, 0.15) is 33.1 Å². The number of carbonyl (C=O) groups excluding carboxylic acids is 1. The molecule has 1 aliphatic carbocycles. The summed E-state index contributed by atoms with van der Waals surface area (Å²) in [4.78, 5) is 25.0. The van der Waals surface area contributed by atoms with Crippen molar-refractivity contribution in [3.63, 3.8) is 0 Å². The van der Waals surface area contributed by atoms with E-state index in [0.29, 0.717) is 13.1 Å². The molecule has 1 aliphatic rings. The van der Waals surface area contributed by atoms with Crippen LogP contribution in [0.2, 0.25) is 0 Å². The molecular weight excluding hydrogens is 270 g/mol. The highest BCUT2D eigenvalue weighted by molar-refractivity contribution is 5.74. The number of carboxylic acids is 1. The Bertz CT molecular complexity index is 369. The van der Waals surface area contributed by atoms with Gasteiger partial charge in [-0.25, -0.2) is 4.79 Å². The van der Waals surface area contributed by atoms with Crippen LogP contribution >= 0.6 is 0 Å². The van der Waals surface area contributed by atoms with Gasteiger partial charge in [-0.3, -0.25) is 4.79 Å². The Balaban J connectivity index is 2.30. The Hall–Kier alpha value is -1.30. The molecule has 21 heavy (non-hydrogen) atoms. The lowest BCUT2D eigenvalue weighted by molar-refractivity contribution is -0.142. The zero-order valence-electron chi connectivity index (χ0n) is 13.6. The summed E-state index contributed by atoms with van der Waals surface area (Å²) in [5.41, 5.74) is -0.00218. The van der Waals surface area contributed by atoms with E-state index >= 15 is 0 Å². The number of hydrogen-bond donors (Lipinski definition) is 3. The second-order valence-electron chi connectivity index (χ2n) is 7.10. The van der Waals surface area contributed by atoms with E-state index in [1.807, 2.05) is 14.1 Å². The van der Waals surface area contributed by atoms with Gasteiger partial charge >= 0.3 is 12.0 Å². The molecule has 6 heteroatoms. The van der Waals surface area contributed by atoms with E-state index in [0.717, 1.165) is 25.8 Å². The summed E-state index contributed by atoms with van der Waals surface area (Å²) in [6.45, 7) is 6.12. The molecular formula is C15H29N3O3. The molecule has 0 spiro atoms. The van der Waals surface area contributed by atoms with Crippen molar-refractivity contribution in [2.75, 3.05) is 33.7 Å². The molecule has 0 heterocycles. The molecule has 6 nitrogen and oxygen atoms in total. The first kappa shape index (κ1) is 17.8. The van der Waals surface area contributed by atoms with Crippen LogP contribution in [0.25, 0.3) is 0 Å². The minimum atomic E-state index is -0.744. The van der Waals surface area contributed by atoms with Gasteiger partial charge < -0.3 is 20.6 Å². The average Bonchev–Trinajstić information content (AvgIpc) is 2.80. The molecule has 0 saturated heterocycles. The fourth-order valence-corrected chi connectivity index (χ4v) is 3.12. The van der Waals surface area contributed by atoms with E-state index in [2.05, 4.69) is 29.4 Å². The van der Waals surface area contributed by atoms with Crippen molar-refractivity contribution >= 4 is 12.0 Å². The molecule has 1 rings (SSSR count). The summed E-state index contributed by atoms with van der Waals surface area (Å²) in [6, 6.07) is -0.210. The summed E-state index contributed by atoms with van der Waals surface area (Å²) < 4.78 is 0. The van der Waals surface area contributed by atoms with Crippen LogP contribution < -0.4 is 10.6 Å². The fourth-order valence-electron chi connectivity index (χ4n) is 3.12. The first-order chi connectivity index (χ1) is 9.71. The van der Waals surface area contributed by atoms with Crippen molar-refractivity contribution in [3.8, 4) is 0 Å². The Labute approximate surface area is 127 Å². The van der Waals surface area contributed by atoms with Gasteiger partial charge in [0.05, 0.1) is 5.92 Å². The quantitative estimate of drug-likeness (QED) is 0.663. The highest BCUT2D eigenvalue weighted by atomic mass is 16.4. The largest absolute Gasteiger partial charge is 0.481 e. The van der Waals surface area contributed by atoms with Crippen molar-refractivity contribution in [2.24, 2.45) is 17.3 Å². The van der Waals surface area contributed by atoms with Gasteiger partial charge in [-0.15, -0.1) is 0 Å². The van der Waals surface area contributed by atoms with Gasteiger partial charge in [-0.05, 0) is 38.3 Å². The molecule has 1 fully saturated rings. The summed E-state index contributed by atoms with van der Waals surface area (Å²) >= 11 is 0. The Morgan fingerprint density at radius 2 is 1.90 bits per heavy atom. The number of hydrogen-bond acceptors (Lipinski definition) is 3. The molecule has 2 atom stereocenters. The summed E-state index contributed by atoms with van der Waals surface area (Å²) in [5, 5.41) is 14.8. The lowest BCUT2D eigenvalue weighted by Gasteiger charge is -2.28. The lowest BCUT2D eigenvalue weighted by atomic mass is 9.93. The Kier molecular flexibility index (Phi) is 6.45. The summed E-state index contributed by atoms with van der Waals surface area (Å²) in [5.74, 6) is -0.995. The van der Waals surface area contributed by atoms with E-state index in [1.54, 1.807) is 0 Å². The van der Waals surface area contributed by atoms with Crippen LogP contribution in [0.3, 0.4) is 0 Å². The predicted octanol–water partition coefficient (Wildman–Crippen LogP) is 1.37. The molecule has 0 aromatic heterocycles. The van der Waals surface area contributed by atoms with Crippen molar-refractivity contribution in [1.82, 2.24) is 15.5 Å². The van der Waals surface area contributed by atoms with Gasteiger partial charge in [0.15, 0.2) is 0 Å². The Morgan fingerprint density at radius 3 is 2.48 bits per heavy atom. The van der Waals surface area contributed by atoms with Gasteiger partial charge in [-0.1, -0.05) is 20.3 Å². The van der Waals surface area contributed by atoms with E-state index < -0.39 is 5.97 Å². The molecule has 2 unspecified atom stereocenters. The number of nitrogens with one attached hydrogen (secondary N) is 2. The monoisotopic (exact) mass is 299 g/mol. The summed E-state index contributed by atoms with van der Waals surface area (Å²) in [6.07, 6.45) is 2.53. The minimum absolute atomic E-state index is 0.00218. The zero-order valence-corrected chi connectivity index (χ0v) is 13.6. The van der Waals surface area contributed by atoms with Gasteiger partial charge in [0.2, 0.25) is 0 Å². The van der Waals surface area contributed by atoms with Crippen LogP contribution in [0.4, 0.5) is 4.79 Å². The van der Waals surface area contributed by atoms with Crippen LogP contribution in [-0.2, 0) is 4.79 Å². The first-order valence-electron chi connectivity index (χ1n) is 7.60. The first-order valence-corrected chi connectivity index (χ1v) is 7.60. The normalized spacial score (nSPS) is 22.3. The third-order valence-electron chi connectivity index (χ3n) is 3.97. The number of rotatable bonds is 7. The highest BCUT2D eigenvalue weighted by Crippen LogP contribution is 2.31. The standard InChI is InChI=1S/C15H29N3O3/c1-15(2,10-18(3)4)9-17-14(21)16-8-11-6-5-7-12(11)13(19)20/h11-12H,5-10H2,1-4H3,(H,19,20)(H2,16,17,21). The SMILES string of the molecule is CN(C)CC(C)(C)CNC(=O)NCC1CCCC1C(=O)O. The van der Waals surface area contributed by atoms with Crippen molar-refractivity contribution in [3.05, 3.63) is 0 Å². The van der Waals surface area contributed by atoms with E-state index in [4.69, 9.17) is 5.11 Å². The molecule has 0 radical (unpaired) electrons. The predicted molar refractivity (Wildman–Crippen MR) is 82.2 cm³/mol. The number of carboxylic acid groups (broad SMARTS) is 1. The molecule has 0 bridgehead atoms. The van der Waals surface area contributed by atoms with Crippen molar-refractivity contribution in [2.45, 2.75) is 33.1 Å². The number of aliphatic carboxylic acids is 1. The second-order valence-corrected chi connectivity index (χ2v) is 7.10. The van der Waals surface area contributed by atoms with Crippen LogP contribution in [-0.4, -0.2) is 55.7 Å². The van der Waals surface area contributed by atoms with E-state index in [1.165, 1.54) is 0 Å². The number of carbonyl (C=O) groups is 2. The number of nitrogens with zero attached hydrogens (tertiary/aromatic N) is 1. The maximum Gasteiger partial charge on any atom is 0.314 e. The maximum absolute atomic E-state index is 11.8. The molecule has 1 saturated carbocycles. The highest BCUT2D eigenvalue weighted by Gasteiger charge is 2.32. The summed E-state index contributed by atoms with van der Waals surface area (Å²) in [7, 11) is 4.02. The molecule has 2 amide bonds. The van der Waals surface area contributed by atoms with Gasteiger partial charge in [0.1, 0.15) is 0 Å². The van der Waals surface area contributed by atoms with E-state index in [-0.39, 0.29) is 23.3 Å². The maximum atomic E-state index is 11.8. The molecule has 122 valence electrons. The Morgan fingerprint density at radius 1 is 1.24 bits per heavy atom. The number of urea groups is 1. The molecule has 0 aromatic rings. The molecule has 0 aromatic carbocycles. The second kappa shape index (κ2) is 7.64. The van der Waals surface area contributed by atoms with Crippen molar-refractivity contribution in [1.29, 1.82) is 0 Å². The van der Waals surface area contributed by atoms with Gasteiger partial charge in [0, 0.05) is 19.6 Å². The zero-order chi connectivity index (χ0) is 16.0. The van der Waals surface area contributed by atoms with Crippen LogP contribution in [0, 0.1) is 17.3 Å². The number of amides is 2. The van der Waals surface area contributed by atoms with Gasteiger partial charge in [-0.2, -0.15) is 0 Å². The average molecular weight is 299 g/mol. The van der Waals surface area contributed by atoms with E-state index in [9.17, 15) is 9.59 Å². The van der Waals surface area contributed by atoms with Crippen LogP contribution in [0.5, 0.6) is 0 Å². The van der Waals surface area contributed by atoms with Gasteiger partial charge in [0.25, 0.3) is 0 Å². The minimum Gasteiger partial charge on any atom is -0.481 e. The third kappa shape index (κ3) is 6.33. The third-order valence-corrected chi connectivity index (χ3v) is 3.97. The van der Waals surface area contributed by atoms with Crippen LogP contribution in [0.15, 0.2) is 0 Å². The topological polar surface area (TPSA) is 81.7 Å². The molecule has 0 aliphatic heterocycles. The lowest BCUT2D eigenvalue weighted by Crippen LogP contribution is -2.45. The molecule has 3 N–H and O–H groups in total. The fraction of sp³-hybridized carbons (Fsp3) is 0.867. The van der Waals surface area contributed by atoms with Crippen molar-refractivity contribution < 1.29 is 14.7 Å². The smallest absolute Gasteiger partial charge is 0.314 e.